The molecule has 45 heavy (non-hydrogen) atoms. The van der Waals surface area contributed by atoms with Gasteiger partial charge in [0.1, 0.15) is 5.69 Å². The molecule has 1 aliphatic rings. The number of nitrogens with zero attached hydrogens (tertiary/aromatic N) is 6. The van der Waals surface area contributed by atoms with Crippen LogP contribution >= 0.6 is 22.9 Å². The van der Waals surface area contributed by atoms with E-state index in [9.17, 15) is 0 Å². The SMILES string of the molecule is CCc1cc(Nc2ccc(-c3nc4cc(Nc5ccnc(C)c5)ccc4n3I)nc2)c2cc(N3CC(C)OC(C)C3)ccc2n1. The van der Waals surface area contributed by atoms with Crippen molar-refractivity contribution in [2.45, 2.75) is 46.3 Å². The smallest absolute Gasteiger partial charge is 0.168 e. The lowest BCUT2D eigenvalue weighted by molar-refractivity contribution is -0.00521. The van der Waals surface area contributed by atoms with Crippen molar-refractivity contribution in [3.63, 3.8) is 0 Å². The molecule has 1 saturated heterocycles. The van der Waals surface area contributed by atoms with Gasteiger partial charge in [0.25, 0.3) is 0 Å². The van der Waals surface area contributed by atoms with Gasteiger partial charge in [-0.1, -0.05) is 6.92 Å². The van der Waals surface area contributed by atoms with Crippen LogP contribution in [-0.2, 0) is 11.2 Å². The molecule has 2 unspecified atom stereocenters. The van der Waals surface area contributed by atoms with Crippen LogP contribution in [0, 0.1) is 6.92 Å². The number of aromatic nitrogens is 5. The van der Waals surface area contributed by atoms with Crippen molar-refractivity contribution in [3.05, 3.63) is 90.5 Å². The highest BCUT2D eigenvalue weighted by atomic mass is 127. The summed E-state index contributed by atoms with van der Waals surface area (Å²) in [5.74, 6) is 0.801. The normalized spacial score (nSPS) is 16.8. The average molecular weight is 711 g/mol. The lowest BCUT2D eigenvalue weighted by Crippen LogP contribution is -2.45. The van der Waals surface area contributed by atoms with Crippen LogP contribution in [0.4, 0.5) is 28.4 Å². The van der Waals surface area contributed by atoms with Crippen LogP contribution in [0.15, 0.2) is 79.1 Å². The number of anilines is 5. The largest absolute Gasteiger partial charge is 0.372 e. The number of hydrogen-bond acceptors (Lipinski definition) is 8. The Balaban J connectivity index is 1.16. The quantitative estimate of drug-likeness (QED) is 0.160. The van der Waals surface area contributed by atoms with Gasteiger partial charge in [-0.25, -0.2) is 4.98 Å². The van der Waals surface area contributed by atoms with E-state index in [0.717, 1.165) is 87.1 Å². The number of pyridine rings is 3. The maximum atomic E-state index is 5.97. The molecule has 6 aromatic rings. The molecule has 0 saturated carbocycles. The maximum Gasteiger partial charge on any atom is 0.168 e. The lowest BCUT2D eigenvalue weighted by Gasteiger charge is -2.37. The van der Waals surface area contributed by atoms with Crippen molar-refractivity contribution >= 4 is 73.2 Å². The molecule has 2 atom stereocenters. The van der Waals surface area contributed by atoms with Crippen molar-refractivity contribution in [1.82, 2.24) is 22.7 Å². The maximum absolute atomic E-state index is 5.97. The fourth-order valence-corrected chi connectivity index (χ4v) is 6.73. The van der Waals surface area contributed by atoms with Gasteiger partial charge in [-0.3, -0.25) is 17.7 Å². The van der Waals surface area contributed by atoms with Crippen LogP contribution in [0.2, 0.25) is 0 Å². The first kappa shape index (κ1) is 29.4. The molecule has 0 spiro atoms. The number of fused-ring (bicyclic) bond motifs is 2. The zero-order valence-electron chi connectivity index (χ0n) is 25.8. The fourth-order valence-electron chi connectivity index (χ4n) is 5.97. The second-order valence-electron chi connectivity index (χ2n) is 11.7. The molecule has 2 N–H and O–H groups in total. The molecule has 1 fully saturated rings. The Morgan fingerprint density at radius 3 is 2.40 bits per heavy atom. The standard InChI is InChI=1S/C35H35IN8O/c1-5-24-15-32(29-17-28(8-10-30(29)40-24)43-19-22(3)45-23(4)20-43)41-27-6-9-31(38-18-27)35-42-33-16-25(7-11-34(33)44(35)36)39-26-12-13-37-21(2)14-26/h6-18,22-23H,5,19-20H2,1-4H3,(H,37,39)(H,40,41). The van der Waals surface area contributed by atoms with Crippen molar-refractivity contribution in [3.8, 4) is 11.5 Å². The Kier molecular flexibility index (Phi) is 8.01. The Labute approximate surface area is 276 Å². The van der Waals surface area contributed by atoms with Crippen LogP contribution in [-0.4, -0.2) is 48.0 Å². The molecule has 228 valence electrons. The first-order chi connectivity index (χ1) is 21.8. The zero-order chi connectivity index (χ0) is 31.1. The van der Waals surface area contributed by atoms with Crippen molar-refractivity contribution < 1.29 is 4.74 Å². The fraction of sp³-hybridized carbons (Fsp3) is 0.257. The summed E-state index contributed by atoms with van der Waals surface area (Å²) in [4.78, 5) is 21.4. The molecule has 7 rings (SSSR count). The van der Waals surface area contributed by atoms with Gasteiger partial charge in [0.2, 0.25) is 0 Å². The van der Waals surface area contributed by atoms with Crippen molar-refractivity contribution in [2.75, 3.05) is 28.6 Å². The van der Waals surface area contributed by atoms with Crippen molar-refractivity contribution in [1.29, 1.82) is 0 Å². The molecule has 2 aromatic carbocycles. The number of rotatable bonds is 7. The number of benzene rings is 2. The highest BCUT2D eigenvalue weighted by molar-refractivity contribution is 14.1. The molecule has 4 aromatic heterocycles. The van der Waals surface area contributed by atoms with Crippen LogP contribution < -0.4 is 15.5 Å². The van der Waals surface area contributed by atoms with Crippen LogP contribution in [0.25, 0.3) is 33.5 Å². The van der Waals surface area contributed by atoms with E-state index in [2.05, 4.69) is 115 Å². The highest BCUT2D eigenvalue weighted by Gasteiger charge is 2.23. The van der Waals surface area contributed by atoms with Gasteiger partial charge in [0.05, 0.1) is 63.5 Å². The van der Waals surface area contributed by atoms with E-state index in [0.29, 0.717) is 0 Å². The van der Waals surface area contributed by atoms with Gasteiger partial charge in [0, 0.05) is 58.8 Å². The molecular formula is C35H35IN8O. The van der Waals surface area contributed by atoms with Crippen LogP contribution in [0.3, 0.4) is 0 Å². The van der Waals surface area contributed by atoms with Gasteiger partial charge in [-0.15, -0.1) is 0 Å². The van der Waals surface area contributed by atoms with E-state index in [4.69, 9.17) is 19.7 Å². The van der Waals surface area contributed by atoms with E-state index in [1.165, 1.54) is 5.69 Å². The number of morpholine rings is 1. The summed E-state index contributed by atoms with van der Waals surface area (Å²) in [6, 6.07) is 23.0. The average Bonchev–Trinajstić information content (AvgIpc) is 3.36. The molecule has 5 heterocycles. The van der Waals surface area contributed by atoms with Gasteiger partial charge in [-0.05, 0) is 93.9 Å². The number of halogens is 1. The summed E-state index contributed by atoms with van der Waals surface area (Å²) in [6.45, 7) is 10.1. The van der Waals surface area contributed by atoms with Gasteiger partial charge < -0.3 is 20.3 Å². The third-order valence-corrected chi connectivity index (χ3v) is 9.03. The first-order valence-electron chi connectivity index (χ1n) is 15.3. The molecular weight excluding hydrogens is 675 g/mol. The predicted molar refractivity (Wildman–Crippen MR) is 191 cm³/mol. The number of nitrogens with one attached hydrogen (secondary N) is 2. The number of ether oxygens (including phenoxy) is 1. The summed E-state index contributed by atoms with van der Waals surface area (Å²) < 4.78 is 8.03. The molecule has 0 aliphatic carbocycles. The molecule has 0 bridgehead atoms. The second kappa shape index (κ2) is 12.2. The van der Waals surface area contributed by atoms with Gasteiger partial charge in [0.15, 0.2) is 5.82 Å². The van der Waals surface area contributed by atoms with E-state index in [1.54, 1.807) is 6.20 Å². The Morgan fingerprint density at radius 1 is 0.844 bits per heavy atom. The topological polar surface area (TPSA) is 93.0 Å². The number of imidazole rings is 1. The van der Waals surface area contributed by atoms with E-state index >= 15 is 0 Å². The third-order valence-electron chi connectivity index (χ3n) is 8.05. The highest BCUT2D eigenvalue weighted by Crippen LogP contribution is 2.33. The molecule has 9 nitrogen and oxygen atoms in total. The third kappa shape index (κ3) is 6.16. The van der Waals surface area contributed by atoms with Crippen molar-refractivity contribution in [2.24, 2.45) is 0 Å². The molecule has 0 amide bonds. The summed E-state index contributed by atoms with van der Waals surface area (Å²) in [5, 5.41) is 8.17. The lowest BCUT2D eigenvalue weighted by atomic mass is 10.1. The minimum Gasteiger partial charge on any atom is -0.372 e. The second-order valence-corrected chi connectivity index (χ2v) is 12.6. The summed E-state index contributed by atoms with van der Waals surface area (Å²) in [5.41, 5.74) is 10.8. The van der Waals surface area contributed by atoms with Gasteiger partial charge >= 0.3 is 0 Å². The van der Waals surface area contributed by atoms with E-state index in [1.807, 2.05) is 31.3 Å². The number of hydrogen-bond donors (Lipinski definition) is 2. The first-order valence-corrected chi connectivity index (χ1v) is 16.3. The summed E-state index contributed by atoms with van der Waals surface area (Å²) in [6.07, 6.45) is 4.92. The predicted octanol–water partition coefficient (Wildman–Crippen LogP) is 8.21. The minimum atomic E-state index is 0.193. The summed E-state index contributed by atoms with van der Waals surface area (Å²) in [7, 11) is 0. The minimum absolute atomic E-state index is 0.193. The van der Waals surface area contributed by atoms with Crippen LogP contribution in [0.5, 0.6) is 0 Å². The summed E-state index contributed by atoms with van der Waals surface area (Å²) >= 11 is 2.30. The Bertz CT molecular complexity index is 2000. The van der Waals surface area contributed by atoms with E-state index < -0.39 is 0 Å². The van der Waals surface area contributed by atoms with E-state index in [-0.39, 0.29) is 12.2 Å². The monoisotopic (exact) mass is 710 g/mol. The molecule has 0 radical (unpaired) electrons. The molecule has 1 aliphatic heterocycles. The van der Waals surface area contributed by atoms with Crippen LogP contribution in [0.1, 0.15) is 32.2 Å². The number of aryl methyl sites for hydroxylation is 2. The Morgan fingerprint density at radius 2 is 1.64 bits per heavy atom. The Hall–Kier alpha value is -4.29. The molecule has 10 heteroatoms. The van der Waals surface area contributed by atoms with Gasteiger partial charge in [-0.2, -0.15) is 0 Å². The zero-order valence-corrected chi connectivity index (χ0v) is 27.9.